The van der Waals surface area contributed by atoms with E-state index in [1.54, 1.807) is 24.3 Å². The molecule has 28 heavy (non-hydrogen) atoms. The molecule has 1 heterocycles. The number of amides is 2. The van der Waals surface area contributed by atoms with E-state index in [0.29, 0.717) is 30.0 Å². The summed E-state index contributed by atoms with van der Waals surface area (Å²) in [5.41, 5.74) is 1.92. The molecular weight excluding hydrogens is 374 g/mol. The van der Waals surface area contributed by atoms with Gasteiger partial charge >= 0.3 is 0 Å². The van der Waals surface area contributed by atoms with Crippen LogP contribution in [0.3, 0.4) is 0 Å². The van der Waals surface area contributed by atoms with Crippen LogP contribution < -0.4 is 10.2 Å². The molecule has 0 spiro atoms. The Bertz CT molecular complexity index is 772. The Hall–Kier alpha value is -2.37. The molecule has 2 amide bonds. The Morgan fingerprint density at radius 1 is 1.00 bits per heavy atom. The number of nitrogens with zero attached hydrogens (tertiary/aromatic N) is 1. The average Bonchev–Trinajstić information content (AvgIpc) is 2.72. The van der Waals surface area contributed by atoms with Crippen molar-refractivity contribution in [2.24, 2.45) is 0 Å². The highest BCUT2D eigenvalue weighted by Gasteiger charge is 2.23. The summed E-state index contributed by atoms with van der Waals surface area (Å²) in [5.74, 6) is 0.0433. The van der Waals surface area contributed by atoms with Gasteiger partial charge in [0.1, 0.15) is 6.54 Å². The summed E-state index contributed by atoms with van der Waals surface area (Å²) in [6, 6.07) is 17.3. The number of quaternary nitrogens is 1. The van der Waals surface area contributed by atoms with Gasteiger partial charge < -0.3 is 15.1 Å². The molecule has 1 saturated heterocycles. The van der Waals surface area contributed by atoms with Gasteiger partial charge in [-0.2, -0.15) is 0 Å². The van der Waals surface area contributed by atoms with Gasteiger partial charge in [-0.05, 0) is 30.7 Å². The second-order valence-electron chi connectivity index (χ2n) is 7.16. The van der Waals surface area contributed by atoms with Crippen molar-refractivity contribution in [1.29, 1.82) is 0 Å². The van der Waals surface area contributed by atoms with Crippen molar-refractivity contribution >= 4 is 23.4 Å². The molecule has 148 valence electrons. The molecule has 2 aromatic carbocycles. The van der Waals surface area contributed by atoms with Gasteiger partial charge in [0.25, 0.3) is 5.91 Å². The van der Waals surface area contributed by atoms with E-state index < -0.39 is 0 Å². The van der Waals surface area contributed by atoms with E-state index >= 15 is 0 Å². The van der Waals surface area contributed by atoms with Crippen LogP contribution in [0.25, 0.3) is 0 Å². The maximum absolute atomic E-state index is 12.4. The first-order valence-corrected chi connectivity index (χ1v) is 10.2. The third kappa shape index (κ3) is 6.08. The number of piperazine rings is 1. The number of carbonyl (C=O) groups is 2. The highest BCUT2D eigenvalue weighted by atomic mass is 35.5. The number of rotatable bonds is 7. The summed E-state index contributed by atoms with van der Waals surface area (Å²) in [4.78, 5) is 27.9. The van der Waals surface area contributed by atoms with Gasteiger partial charge in [0.05, 0.1) is 26.2 Å². The molecule has 0 radical (unpaired) electrons. The summed E-state index contributed by atoms with van der Waals surface area (Å²) in [7, 11) is 0. The van der Waals surface area contributed by atoms with Crippen LogP contribution in [-0.2, 0) is 11.3 Å². The van der Waals surface area contributed by atoms with E-state index in [-0.39, 0.29) is 11.8 Å². The summed E-state index contributed by atoms with van der Waals surface area (Å²) >= 11 is 5.83. The van der Waals surface area contributed by atoms with Crippen LogP contribution in [0.15, 0.2) is 54.6 Å². The molecule has 2 aromatic rings. The first-order valence-electron chi connectivity index (χ1n) is 9.81. The van der Waals surface area contributed by atoms with Gasteiger partial charge in [0.2, 0.25) is 5.91 Å². The fraction of sp³-hybridized carbons (Fsp3) is 0.364. The fourth-order valence-electron chi connectivity index (χ4n) is 3.44. The lowest BCUT2D eigenvalue weighted by atomic mass is 10.2. The molecule has 0 bridgehead atoms. The average molecular weight is 401 g/mol. The van der Waals surface area contributed by atoms with Gasteiger partial charge in [0, 0.05) is 29.1 Å². The maximum Gasteiger partial charge on any atom is 0.251 e. The highest BCUT2D eigenvalue weighted by molar-refractivity contribution is 6.30. The Morgan fingerprint density at radius 2 is 1.68 bits per heavy atom. The normalized spacial score (nSPS) is 14.7. The molecule has 6 heteroatoms. The zero-order valence-electron chi connectivity index (χ0n) is 16.0. The van der Waals surface area contributed by atoms with Crippen LogP contribution in [0.4, 0.5) is 0 Å². The second-order valence-corrected chi connectivity index (χ2v) is 7.60. The predicted molar refractivity (Wildman–Crippen MR) is 110 cm³/mol. The van der Waals surface area contributed by atoms with Gasteiger partial charge in [0.15, 0.2) is 0 Å². The van der Waals surface area contributed by atoms with Crippen LogP contribution in [0.1, 0.15) is 28.8 Å². The molecule has 0 aromatic heterocycles. The summed E-state index contributed by atoms with van der Waals surface area (Å²) in [5, 5.41) is 3.46. The Kier molecular flexibility index (Phi) is 7.46. The first-order chi connectivity index (χ1) is 13.6. The topological polar surface area (TPSA) is 53.9 Å². The van der Waals surface area contributed by atoms with E-state index in [0.717, 1.165) is 32.7 Å². The predicted octanol–water partition coefficient (Wildman–Crippen LogP) is 1.78. The minimum absolute atomic E-state index is 0.137. The molecule has 0 atom stereocenters. The van der Waals surface area contributed by atoms with Crippen molar-refractivity contribution in [2.45, 2.75) is 19.4 Å². The fourth-order valence-corrected chi connectivity index (χ4v) is 3.56. The minimum atomic E-state index is -0.137. The Balaban J connectivity index is 1.32. The summed E-state index contributed by atoms with van der Waals surface area (Å²) < 4.78 is 0. The SMILES string of the molecule is O=C(NCCCC(=O)N1CC[NH+](Cc2ccccc2)CC1)c1ccc(Cl)cc1. The van der Waals surface area contributed by atoms with E-state index in [4.69, 9.17) is 11.6 Å². The number of hydrogen-bond donors (Lipinski definition) is 2. The molecule has 0 saturated carbocycles. The Morgan fingerprint density at radius 3 is 2.36 bits per heavy atom. The van der Waals surface area contributed by atoms with Crippen molar-refractivity contribution in [3.05, 3.63) is 70.7 Å². The quantitative estimate of drug-likeness (QED) is 0.696. The molecule has 0 unspecified atom stereocenters. The Labute approximate surface area is 171 Å². The van der Waals surface area contributed by atoms with Crippen molar-refractivity contribution in [3.63, 3.8) is 0 Å². The molecule has 3 rings (SSSR count). The zero-order valence-corrected chi connectivity index (χ0v) is 16.8. The molecule has 1 aliphatic rings. The van der Waals surface area contributed by atoms with Crippen LogP contribution in [-0.4, -0.2) is 49.4 Å². The van der Waals surface area contributed by atoms with Gasteiger partial charge in [-0.15, -0.1) is 0 Å². The third-order valence-corrected chi connectivity index (χ3v) is 5.33. The van der Waals surface area contributed by atoms with Crippen LogP contribution in [0.5, 0.6) is 0 Å². The highest BCUT2D eigenvalue weighted by Crippen LogP contribution is 2.09. The van der Waals surface area contributed by atoms with Crippen LogP contribution in [0.2, 0.25) is 5.02 Å². The molecule has 2 N–H and O–H groups in total. The van der Waals surface area contributed by atoms with Gasteiger partial charge in [-0.1, -0.05) is 41.9 Å². The summed E-state index contributed by atoms with van der Waals surface area (Å²) in [6.45, 7) is 5.07. The summed E-state index contributed by atoms with van der Waals surface area (Å²) in [6.07, 6.45) is 1.12. The first kappa shape index (κ1) is 20.4. The third-order valence-electron chi connectivity index (χ3n) is 5.08. The number of halogens is 1. The smallest absolute Gasteiger partial charge is 0.251 e. The van der Waals surface area contributed by atoms with E-state index in [1.165, 1.54) is 10.5 Å². The maximum atomic E-state index is 12.4. The molecule has 1 aliphatic heterocycles. The van der Waals surface area contributed by atoms with Crippen LogP contribution in [0, 0.1) is 0 Å². The zero-order chi connectivity index (χ0) is 19.8. The van der Waals surface area contributed by atoms with Crippen molar-refractivity contribution < 1.29 is 14.5 Å². The van der Waals surface area contributed by atoms with Crippen molar-refractivity contribution in [2.75, 3.05) is 32.7 Å². The number of nitrogens with one attached hydrogen (secondary N) is 2. The largest absolute Gasteiger partial charge is 0.352 e. The number of benzene rings is 2. The molecule has 1 fully saturated rings. The van der Waals surface area contributed by atoms with Crippen molar-refractivity contribution in [1.82, 2.24) is 10.2 Å². The van der Waals surface area contributed by atoms with Gasteiger partial charge in [-0.3, -0.25) is 9.59 Å². The van der Waals surface area contributed by atoms with E-state index in [9.17, 15) is 9.59 Å². The van der Waals surface area contributed by atoms with E-state index in [1.807, 2.05) is 11.0 Å². The molecule has 5 nitrogen and oxygen atoms in total. The van der Waals surface area contributed by atoms with Crippen molar-refractivity contribution in [3.8, 4) is 0 Å². The van der Waals surface area contributed by atoms with E-state index in [2.05, 4.69) is 29.6 Å². The number of hydrogen-bond acceptors (Lipinski definition) is 2. The monoisotopic (exact) mass is 400 g/mol. The number of carbonyl (C=O) groups excluding carboxylic acids is 2. The molecular formula is C22H27ClN3O2+. The van der Waals surface area contributed by atoms with Gasteiger partial charge in [-0.25, -0.2) is 0 Å². The molecule has 0 aliphatic carbocycles. The standard InChI is InChI=1S/C22H26ClN3O2/c23-20-10-8-19(9-11-20)22(28)24-12-4-7-21(27)26-15-13-25(14-16-26)17-18-5-2-1-3-6-18/h1-3,5-6,8-11H,4,7,12-17H2,(H,24,28)/p+1. The lowest BCUT2D eigenvalue weighted by Gasteiger charge is -2.32. The van der Waals surface area contributed by atoms with Crippen LogP contribution >= 0.6 is 11.6 Å². The minimum Gasteiger partial charge on any atom is -0.352 e. The second kappa shape index (κ2) is 10.2. The lowest BCUT2D eigenvalue weighted by molar-refractivity contribution is -0.917. The lowest BCUT2D eigenvalue weighted by Crippen LogP contribution is -3.13.